The molecule has 0 saturated heterocycles. The number of carbonyl (C=O) groups excluding carboxylic acids is 2. The largest absolute Gasteiger partial charge is 0.466 e. The quantitative estimate of drug-likeness (QED) is 0.0320. The number of rotatable bonds is 69. The molecule has 80 heavy (non-hydrogen) atoms. The Morgan fingerprint density at radius 3 is 0.887 bits per heavy atom. The lowest BCUT2D eigenvalue weighted by Gasteiger charge is -2.20. The summed E-state index contributed by atoms with van der Waals surface area (Å²) in [5, 5.41) is 23.3. The van der Waals surface area contributed by atoms with Crippen LogP contribution in [0.25, 0.3) is 0 Å². The lowest BCUT2D eigenvalue weighted by molar-refractivity contribution is -0.143. The van der Waals surface area contributed by atoms with Crippen LogP contribution in [0, 0.1) is 0 Å². The molecule has 0 fully saturated rings. The van der Waals surface area contributed by atoms with Gasteiger partial charge in [-0.3, -0.25) is 9.59 Å². The molecule has 6 nitrogen and oxygen atoms in total. The van der Waals surface area contributed by atoms with Gasteiger partial charge >= 0.3 is 5.97 Å². The summed E-state index contributed by atoms with van der Waals surface area (Å²) >= 11 is 0. The summed E-state index contributed by atoms with van der Waals surface area (Å²) in [5.74, 6) is -0.0544. The van der Waals surface area contributed by atoms with E-state index < -0.39 is 12.1 Å². The second-order valence-corrected chi connectivity index (χ2v) is 25.3. The minimum absolute atomic E-state index is 0.0107. The van der Waals surface area contributed by atoms with Crippen molar-refractivity contribution in [1.82, 2.24) is 5.32 Å². The third-order valence-corrected chi connectivity index (χ3v) is 17.2. The first kappa shape index (κ1) is 78.3. The van der Waals surface area contributed by atoms with Crippen molar-refractivity contribution in [2.75, 3.05) is 13.2 Å². The fourth-order valence-electron chi connectivity index (χ4n) is 11.6. The van der Waals surface area contributed by atoms with Crippen LogP contribution < -0.4 is 5.32 Å². The van der Waals surface area contributed by atoms with Crippen molar-refractivity contribution in [3.8, 4) is 0 Å². The van der Waals surface area contributed by atoms with E-state index in [2.05, 4.69) is 31.3 Å². The minimum atomic E-state index is -0.847. The number of hydrogen-bond acceptors (Lipinski definition) is 5. The Bertz CT molecular complexity index is 1250. The number of unbranched alkanes of at least 4 members (excludes halogenated alkanes) is 56. The summed E-state index contributed by atoms with van der Waals surface area (Å²) in [5.41, 5.74) is 0. The summed E-state index contributed by atoms with van der Waals surface area (Å²) in [6.07, 6.45) is 88.3. The summed E-state index contributed by atoms with van der Waals surface area (Å²) in [6.45, 7) is 4.94. The zero-order valence-corrected chi connectivity index (χ0v) is 54.3. The molecule has 0 aromatic rings. The van der Waals surface area contributed by atoms with Crippen LogP contribution in [-0.4, -0.2) is 47.4 Å². The van der Waals surface area contributed by atoms with Gasteiger partial charge in [0, 0.05) is 12.8 Å². The van der Waals surface area contributed by atoms with Crippen molar-refractivity contribution in [3.63, 3.8) is 0 Å². The maximum Gasteiger partial charge on any atom is 0.305 e. The molecule has 6 heteroatoms. The highest BCUT2D eigenvalue weighted by Crippen LogP contribution is 2.19. The Hall–Kier alpha value is -1.66. The van der Waals surface area contributed by atoms with Crippen molar-refractivity contribution in [2.24, 2.45) is 0 Å². The van der Waals surface area contributed by atoms with Gasteiger partial charge in [-0.1, -0.05) is 366 Å². The Kier molecular flexibility index (Phi) is 68.4. The molecule has 0 heterocycles. The van der Waals surface area contributed by atoms with Crippen LogP contribution in [0.4, 0.5) is 0 Å². The van der Waals surface area contributed by atoms with E-state index in [0.717, 1.165) is 44.9 Å². The van der Waals surface area contributed by atoms with E-state index >= 15 is 0 Å². The second-order valence-electron chi connectivity index (χ2n) is 25.3. The number of allylic oxidation sites excluding steroid dienone is 3. The Labute approximate surface area is 501 Å². The lowest BCUT2D eigenvalue weighted by Crippen LogP contribution is -2.45. The molecule has 1 amide bonds. The molecule has 0 saturated carbocycles. The van der Waals surface area contributed by atoms with E-state index in [1.807, 2.05) is 6.08 Å². The second kappa shape index (κ2) is 69.8. The van der Waals surface area contributed by atoms with Crippen LogP contribution in [0.3, 0.4) is 0 Å². The van der Waals surface area contributed by atoms with Crippen molar-refractivity contribution in [1.29, 1.82) is 0 Å². The van der Waals surface area contributed by atoms with Gasteiger partial charge in [0.2, 0.25) is 5.91 Å². The Balaban J connectivity index is 3.40. The van der Waals surface area contributed by atoms with Crippen LogP contribution in [0.2, 0.25) is 0 Å². The molecule has 0 aromatic carbocycles. The normalized spacial score (nSPS) is 12.6. The topological polar surface area (TPSA) is 95.9 Å². The number of carbonyl (C=O) groups is 2. The molecule has 2 unspecified atom stereocenters. The van der Waals surface area contributed by atoms with Gasteiger partial charge in [-0.15, -0.1) is 0 Å². The van der Waals surface area contributed by atoms with Crippen molar-refractivity contribution in [3.05, 3.63) is 24.3 Å². The molecule has 0 aromatic heterocycles. The van der Waals surface area contributed by atoms with Gasteiger partial charge in [-0.2, -0.15) is 0 Å². The first-order chi connectivity index (χ1) is 39.5. The molecule has 474 valence electrons. The van der Waals surface area contributed by atoms with Crippen LogP contribution >= 0.6 is 0 Å². The van der Waals surface area contributed by atoms with Gasteiger partial charge in [0.25, 0.3) is 0 Å². The summed E-state index contributed by atoms with van der Waals surface area (Å²) in [4.78, 5) is 24.7. The van der Waals surface area contributed by atoms with Gasteiger partial charge in [-0.05, 0) is 57.8 Å². The number of esters is 1. The average Bonchev–Trinajstić information content (AvgIpc) is 3.46. The molecule has 0 bridgehead atoms. The third kappa shape index (κ3) is 65.5. The summed E-state index contributed by atoms with van der Waals surface area (Å²) in [6, 6.07) is -0.631. The Morgan fingerprint density at radius 1 is 0.338 bits per heavy atom. The highest BCUT2D eigenvalue weighted by molar-refractivity contribution is 5.76. The van der Waals surface area contributed by atoms with Crippen LogP contribution in [0.15, 0.2) is 24.3 Å². The van der Waals surface area contributed by atoms with Gasteiger partial charge in [0.15, 0.2) is 0 Å². The Morgan fingerprint density at radius 2 is 0.588 bits per heavy atom. The first-order valence-electron chi connectivity index (χ1n) is 36.6. The number of ether oxygens (including phenoxy) is 1. The zero-order valence-electron chi connectivity index (χ0n) is 54.3. The third-order valence-electron chi connectivity index (χ3n) is 17.2. The molecule has 0 aliphatic carbocycles. The molecule has 0 aliphatic rings. The zero-order chi connectivity index (χ0) is 57.8. The highest BCUT2D eigenvalue weighted by Gasteiger charge is 2.18. The number of aliphatic hydroxyl groups is 2. The number of hydrogen-bond donors (Lipinski definition) is 3. The number of amides is 1. The highest BCUT2D eigenvalue weighted by atomic mass is 16.5. The van der Waals surface area contributed by atoms with Crippen molar-refractivity contribution < 1.29 is 24.5 Å². The monoisotopic (exact) mass is 1130 g/mol. The molecule has 0 aliphatic heterocycles. The lowest BCUT2D eigenvalue weighted by atomic mass is 10.0. The molecular weight excluding hydrogens is 983 g/mol. The van der Waals surface area contributed by atoms with E-state index in [1.165, 1.54) is 340 Å². The maximum atomic E-state index is 12.5. The maximum absolute atomic E-state index is 12.5. The standard InChI is InChI=1S/C74H143NO5/c1-3-5-7-9-11-13-15-17-19-21-23-24-25-26-27-31-34-38-42-46-50-54-58-62-66-72(77)71(70-76)75-73(78)67-63-59-55-51-47-43-39-35-32-28-29-33-37-41-45-49-53-57-61-65-69-80-74(79)68-64-60-56-52-48-44-40-36-30-22-20-18-16-14-12-10-8-6-4-2/h18,20,62,66,71-72,76-77H,3-17,19,21-61,63-65,67-70H2,1-2H3,(H,75,78)/b20-18-,66-62+. The predicted octanol–water partition coefficient (Wildman–Crippen LogP) is 23.7. The van der Waals surface area contributed by atoms with Crippen LogP contribution in [-0.2, 0) is 14.3 Å². The van der Waals surface area contributed by atoms with E-state index in [4.69, 9.17) is 4.74 Å². The molecule has 0 radical (unpaired) electrons. The van der Waals surface area contributed by atoms with E-state index in [-0.39, 0.29) is 18.5 Å². The van der Waals surface area contributed by atoms with Crippen LogP contribution in [0.1, 0.15) is 412 Å². The first-order valence-corrected chi connectivity index (χ1v) is 36.6. The molecule has 3 N–H and O–H groups in total. The number of aliphatic hydroxyl groups excluding tert-OH is 2. The summed E-state index contributed by atoms with van der Waals surface area (Å²) in [7, 11) is 0. The molecule has 0 rings (SSSR count). The van der Waals surface area contributed by atoms with E-state index in [9.17, 15) is 19.8 Å². The smallest absolute Gasteiger partial charge is 0.305 e. The fourth-order valence-corrected chi connectivity index (χ4v) is 11.6. The molecule has 2 atom stereocenters. The molecule has 0 spiro atoms. The predicted molar refractivity (Wildman–Crippen MR) is 352 cm³/mol. The van der Waals surface area contributed by atoms with Crippen LogP contribution in [0.5, 0.6) is 0 Å². The summed E-state index contributed by atoms with van der Waals surface area (Å²) < 4.78 is 5.51. The van der Waals surface area contributed by atoms with Gasteiger partial charge < -0.3 is 20.3 Å². The SMILES string of the molecule is CCCCCCCC/C=C\CCCCCCCCCCCC(=O)OCCCCCCCCCCCCCCCCCCCCCCC(=O)NC(CO)C(O)/C=C/CCCCCCCCCCCCCCCCCCCCCCCC. The molecular formula is C74H143NO5. The van der Waals surface area contributed by atoms with Gasteiger partial charge in [-0.25, -0.2) is 0 Å². The minimum Gasteiger partial charge on any atom is -0.466 e. The number of nitrogens with one attached hydrogen (secondary N) is 1. The van der Waals surface area contributed by atoms with Gasteiger partial charge in [0.05, 0.1) is 25.4 Å². The van der Waals surface area contributed by atoms with E-state index in [1.54, 1.807) is 6.08 Å². The average molecular weight is 1130 g/mol. The van der Waals surface area contributed by atoms with E-state index in [0.29, 0.717) is 19.4 Å². The van der Waals surface area contributed by atoms with Crippen molar-refractivity contribution >= 4 is 11.9 Å². The van der Waals surface area contributed by atoms with Gasteiger partial charge in [0.1, 0.15) is 0 Å². The fraction of sp³-hybridized carbons (Fsp3) is 0.919. The van der Waals surface area contributed by atoms with Crippen molar-refractivity contribution in [2.45, 2.75) is 424 Å².